The molecule has 5 nitrogen and oxygen atoms in total. The van der Waals surface area contributed by atoms with Gasteiger partial charge in [0.05, 0.1) is 11.8 Å². The van der Waals surface area contributed by atoms with Crippen LogP contribution >= 0.6 is 0 Å². The first-order valence-electron chi connectivity index (χ1n) is 6.01. The third kappa shape index (κ3) is 3.62. The number of nitrogens with one attached hydrogen (secondary N) is 1. The lowest BCUT2D eigenvalue weighted by Crippen LogP contribution is -2.11. The Kier molecular flexibility index (Phi) is 4.11. The predicted octanol–water partition coefficient (Wildman–Crippen LogP) is 2.38. The zero-order chi connectivity index (χ0) is 14.6. The summed E-state index contributed by atoms with van der Waals surface area (Å²) >= 11 is 0. The van der Waals surface area contributed by atoms with Gasteiger partial charge in [0, 0.05) is 30.7 Å². The number of hydrogen-bond acceptors (Lipinski definition) is 4. The van der Waals surface area contributed by atoms with Gasteiger partial charge in [-0.05, 0) is 24.6 Å². The van der Waals surface area contributed by atoms with Crippen molar-refractivity contribution in [3.8, 4) is 0 Å². The van der Waals surface area contributed by atoms with E-state index in [1.54, 1.807) is 17.1 Å². The van der Waals surface area contributed by atoms with Crippen LogP contribution in [0, 0.1) is 0 Å². The molecule has 1 aromatic heterocycles. The smallest absolute Gasteiger partial charge is 0.398 e. The lowest BCUT2D eigenvalue weighted by atomic mass is 10.1. The van der Waals surface area contributed by atoms with E-state index >= 15 is 0 Å². The third-order valence-electron chi connectivity index (χ3n) is 2.72. The van der Waals surface area contributed by atoms with E-state index in [9.17, 15) is 13.2 Å². The number of nitrogens with zero attached hydrogens (tertiary/aromatic N) is 3. The monoisotopic (exact) mass is 285 g/mol. The van der Waals surface area contributed by atoms with Gasteiger partial charge < -0.3 is 11.1 Å². The first-order chi connectivity index (χ1) is 9.47. The second kappa shape index (κ2) is 5.81. The molecule has 1 aromatic carbocycles. The van der Waals surface area contributed by atoms with Crippen LogP contribution in [0.15, 0.2) is 30.6 Å². The van der Waals surface area contributed by atoms with Crippen LogP contribution in [0.1, 0.15) is 12.0 Å². The van der Waals surface area contributed by atoms with E-state index in [0.717, 1.165) is 12.5 Å². The maximum absolute atomic E-state index is 12.7. The Balaban J connectivity index is 1.90. The number of benzene rings is 1. The first kappa shape index (κ1) is 14.2. The molecular weight excluding hydrogens is 271 g/mol. The summed E-state index contributed by atoms with van der Waals surface area (Å²) in [7, 11) is 0. The van der Waals surface area contributed by atoms with Gasteiger partial charge in [0.1, 0.15) is 0 Å². The summed E-state index contributed by atoms with van der Waals surface area (Å²) in [6, 6.07) is 3.80. The standard InChI is InChI=1S/C12H14F3N5/c13-12(14,15)10-8-9(2-3-11(10)16)17-4-1-6-20-7-5-18-19-20/h2-3,5,7-8,17H,1,4,6,16H2. The molecule has 8 heteroatoms. The van der Waals surface area contributed by atoms with Crippen LogP contribution in [0.25, 0.3) is 0 Å². The molecule has 3 N–H and O–H groups in total. The minimum atomic E-state index is -4.44. The molecule has 0 aliphatic carbocycles. The fraction of sp³-hybridized carbons (Fsp3) is 0.333. The van der Waals surface area contributed by atoms with Crippen molar-refractivity contribution in [2.24, 2.45) is 0 Å². The number of aromatic nitrogens is 3. The van der Waals surface area contributed by atoms with Crippen LogP contribution in [0.5, 0.6) is 0 Å². The van der Waals surface area contributed by atoms with Gasteiger partial charge in [0.15, 0.2) is 0 Å². The summed E-state index contributed by atoms with van der Waals surface area (Å²) in [5.74, 6) is 0. The molecule has 0 aliphatic heterocycles. The van der Waals surface area contributed by atoms with Crippen LogP contribution in [-0.4, -0.2) is 21.5 Å². The topological polar surface area (TPSA) is 68.8 Å². The maximum Gasteiger partial charge on any atom is 0.418 e. The van der Waals surface area contributed by atoms with Crippen LogP contribution in [0.2, 0.25) is 0 Å². The van der Waals surface area contributed by atoms with Crippen molar-refractivity contribution < 1.29 is 13.2 Å². The second-order valence-corrected chi connectivity index (χ2v) is 4.25. The lowest BCUT2D eigenvalue weighted by Gasteiger charge is -2.13. The number of halogens is 3. The van der Waals surface area contributed by atoms with Crippen molar-refractivity contribution in [3.05, 3.63) is 36.2 Å². The Labute approximate surface area is 113 Å². The summed E-state index contributed by atoms with van der Waals surface area (Å²) in [4.78, 5) is 0. The largest absolute Gasteiger partial charge is 0.418 e. The Morgan fingerprint density at radius 1 is 1.30 bits per heavy atom. The highest BCUT2D eigenvalue weighted by atomic mass is 19.4. The number of alkyl halides is 3. The molecule has 0 fully saturated rings. The molecule has 0 bridgehead atoms. The zero-order valence-electron chi connectivity index (χ0n) is 10.6. The van der Waals surface area contributed by atoms with E-state index in [2.05, 4.69) is 15.6 Å². The Bertz CT molecular complexity index is 551. The number of nitrogen functional groups attached to an aromatic ring is 1. The van der Waals surface area contributed by atoms with Gasteiger partial charge in [-0.25, -0.2) is 0 Å². The molecule has 0 aliphatic rings. The molecule has 2 rings (SSSR count). The summed E-state index contributed by atoms with van der Waals surface area (Å²) in [5, 5.41) is 10.4. The minimum Gasteiger partial charge on any atom is -0.398 e. The van der Waals surface area contributed by atoms with Crippen LogP contribution < -0.4 is 11.1 Å². The van der Waals surface area contributed by atoms with Gasteiger partial charge in [-0.1, -0.05) is 5.21 Å². The Morgan fingerprint density at radius 2 is 2.10 bits per heavy atom. The van der Waals surface area contributed by atoms with E-state index in [1.807, 2.05) is 0 Å². The molecule has 0 spiro atoms. The quantitative estimate of drug-likeness (QED) is 0.653. The van der Waals surface area contributed by atoms with Crippen molar-refractivity contribution >= 4 is 11.4 Å². The molecule has 0 amide bonds. The van der Waals surface area contributed by atoms with E-state index in [4.69, 9.17) is 5.73 Å². The summed E-state index contributed by atoms with van der Waals surface area (Å²) < 4.78 is 39.7. The van der Waals surface area contributed by atoms with Gasteiger partial charge in [0.2, 0.25) is 0 Å². The number of anilines is 2. The summed E-state index contributed by atoms with van der Waals surface area (Å²) in [5.41, 5.74) is 4.63. The number of aryl methyl sites for hydroxylation is 1. The molecule has 0 atom stereocenters. The minimum absolute atomic E-state index is 0.273. The van der Waals surface area contributed by atoms with Crippen molar-refractivity contribution in [2.75, 3.05) is 17.6 Å². The molecule has 0 unspecified atom stereocenters. The molecule has 0 saturated carbocycles. The molecule has 20 heavy (non-hydrogen) atoms. The third-order valence-corrected chi connectivity index (χ3v) is 2.72. The highest BCUT2D eigenvalue weighted by Gasteiger charge is 2.33. The second-order valence-electron chi connectivity index (χ2n) is 4.25. The average Bonchev–Trinajstić information content (AvgIpc) is 2.88. The van der Waals surface area contributed by atoms with Gasteiger partial charge in [-0.3, -0.25) is 4.68 Å². The summed E-state index contributed by atoms with van der Waals surface area (Å²) in [6.07, 6.45) is -0.425. The van der Waals surface area contributed by atoms with E-state index in [1.165, 1.54) is 12.1 Å². The van der Waals surface area contributed by atoms with Gasteiger partial charge in [0.25, 0.3) is 0 Å². The SMILES string of the molecule is Nc1ccc(NCCCn2ccnn2)cc1C(F)(F)F. The van der Waals surface area contributed by atoms with E-state index in [-0.39, 0.29) is 5.69 Å². The molecule has 108 valence electrons. The van der Waals surface area contributed by atoms with Crippen molar-refractivity contribution in [1.29, 1.82) is 0 Å². The van der Waals surface area contributed by atoms with Crippen LogP contribution in [0.4, 0.5) is 24.5 Å². The van der Waals surface area contributed by atoms with Crippen molar-refractivity contribution in [3.63, 3.8) is 0 Å². The molecule has 1 heterocycles. The van der Waals surface area contributed by atoms with E-state index in [0.29, 0.717) is 18.8 Å². The highest BCUT2D eigenvalue weighted by molar-refractivity contribution is 5.58. The molecule has 0 saturated heterocycles. The maximum atomic E-state index is 12.7. The van der Waals surface area contributed by atoms with Gasteiger partial charge in [-0.15, -0.1) is 5.10 Å². The number of rotatable bonds is 5. The normalized spacial score (nSPS) is 11.6. The summed E-state index contributed by atoms with van der Waals surface area (Å²) in [6.45, 7) is 1.18. The Morgan fingerprint density at radius 3 is 2.75 bits per heavy atom. The zero-order valence-corrected chi connectivity index (χ0v) is 10.6. The first-order valence-corrected chi connectivity index (χ1v) is 6.01. The van der Waals surface area contributed by atoms with Crippen LogP contribution in [-0.2, 0) is 12.7 Å². The predicted molar refractivity (Wildman–Crippen MR) is 69.0 cm³/mol. The highest BCUT2D eigenvalue weighted by Crippen LogP contribution is 2.35. The van der Waals surface area contributed by atoms with E-state index < -0.39 is 11.7 Å². The number of nitrogens with two attached hydrogens (primary N) is 1. The fourth-order valence-electron chi connectivity index (χ4n) is 1.74. The molecule has 0 radical (unpaired) electrons. The fourth-order valence-corrected chi connectivity index (χ4v) is 1.74. The average molecular weight is 285 g/mol. The van der Waals surface area contributed by atoms with Gasteiger partial charge >= 0.3 is 6.18 Å². The number of hydrogen-bond donors (Lipinski definition) is 2. The van der Waals surface area contributed by atoms with Crippen LogP contribution in [0.3, 0.4) is 0 Å². The Hall–Kier alpha value is -2.25. The molecular formula is C12H14F3N5. The lowest BCUT2D eigenvalue weighted by molar-refractivity contribution is -0.136. The van der Waals surface area contributed by atoms with Gasteiger partial charge in [-0.2, -0.15) is 13.2 Å². The van der Waals surface area contributed by atoms with Crippen molar-refractivity contribution in [1.82, 2.24) is 15.0 Å². The molecule has 2 aromatic rings. The van der Waals surface area contributed by atoms with Crippen molar-refractivity contribution in [2.45, 2.75) is 19.1 Å².